The van der Waals surface area contributed by atoms with E-state index in [2.05, 4.69) is 20.2 Å². The van der Waals surface area contributed by atoms with Gasteiger partial charge in [-0.3, -0.25) is 4.79 Å². The van der Waals surface area contributed by atoms with Crippen LogP contribution in [0, 0.1) is 6.92 Å². The van der Waals surface area contributed by atoms with E-state index in [9.17, 15) is 4.79 Å². The molecule has 5 aromatic heterocycles. The lowest BCUT2D eigenvalue weighted by molar-refractivity contribution is 0.462. The van der Waals surface area contributed by atoms with Gasteiger partial charge in [0.15, 0.2) is 0 Å². The van der Waals surface area contributed by atoms with E-state index < -0.39 is 0 Å². The molecule has 0 fully saturated rings. The van der Waals surface area contributed by atoms with Crippen molar-refractivity contribution in [2.24, 2.45) is 0 Å². The molecule has 0 aliphatic heterocycles. The maximum Gasteiger partial charge on any atom is 0.277 e. The Labute approximate surface area is 176 Å². The summed E-state index contributed by atoms with van der Waals surface area (Å²) in [6, 6.07) is 5.77. The lowest BCUT2D eigenvalue weighted by Crippen LogP contribution is -2.12. The Morgan fingerprint density at radius 1 is 1.21 bits per heavy atom. The number of rotatable bonds is 5. The second-order valence-electron chi connectivity index (χ2n) is 6.28. The predicted octanol–water partition coefficient (Wildman–Crippen LogP) is 5.52. The van der Waals surface area contributed by atoms with E-state index in [1.165, 1.54) is 23.1 Å². The van der Waals surface area contributed by atoms with Crippen LogP contribution in [0.4, 0.5) is 0 Å². The van der Waals surface area contributed by atoms with Crippen molar-refractivity contribution in [2.75, 3.05) is 0 Å². The fraction of sp³-hybridized carbons (Fsp3) is 0.158. The molecule has 1 atom stereocenters. The molecule has 0 aliphatic carbocycles. The Morgan fingerprint density at radius 2 is 2.10 bits per heavy atom. The van der Waals surface area contributed by atoms with Crippen LogP contribution in [0.3, 0.4) is 0 Å². The highest BCUT2D eigenvalue weighted by atomic mass is 32.2. The zero-order chi connectivity index (χ0) is 20.0. The number of furan rings is 1. The van der Waals surface area contributed by atoms with Gasteiger partial charge in [-0.25, -0.2) is 4.98 Å². The summed E-state index contributed by atoms with van der Waals surface area (Å²) in [6.07, 6.45) is 1.58. The van der Waals surface area contributed by atoms with Crippen LogP contribution in [-0.4, -0.2) is 20.2 Å². The van der Waals surface area contributed by atoms with Crippen LogP contribution < -0.4 is 5.56 Å². The van der Waals surface area contributed by atoms with Crippen LogP contribution in [0.2, 0.25) is 0 Å². The van der Waals surface area contributed by atoms with Gasteiger partial charge in [0.05, 0.1) is 22.5 Å². The minimum Gasteiger partial charge on any atom is -0.469 e. The van der Waals surface area contributed by atoms with E-state index in [-0.39, 0.29) is 10.8 Å². The van der Waals surface area contributed by atoms with E-state index >= 15 is 0 Å². The lowest BCUT2D eigenvalue weighted by atomic mass is 10.2. The zero-order valence-corrected chi connectivity index (χ0v) is 17.8. The highest BCUT2D eigenvalue weighted by molar-refractivity contribution is 7.99. The number of aromatic amines is 1. The molecule has 0 amide bonds. The third kappa shape index (κ3) is 3.33. The molecule has 0 radical (unpaired) electrons. The van der Waals surface area contributed by atoms with Crippen molar-refractivity contribution in [1.29, 1.82) is 0 Å². The van der Waals surface area contributed by atoms with Crippen molar-refractivity contribution < 1.29 is 8.83 Å². The Bertz CT molecular complexity index is 1350. The summed E-state index contributed by atoms with van der Waals surface area (Å²) in [4.78, 5) is 22.2. The number of hydrogen-bond donors (Lipinski definition) is 1. The number of thiophene rings is 2. The fourth-order valence-electron chi connectivity index (χ4n) is 2.95. The number of aromatic nitrogens is 4. The molecule has 0 saturated carbocycles. The number of fused-ring (bicyclic) bond motifs is 1. The fourth-order valence-corrected chi connectivity index (χ4v) is 5.46. The van der Waals surface area contributed by atoms with E-state index in [0.717, 1.165) is 20.8 Å². The van der Waals surface area contributed by atoms with Gasteiger partial charge in [0.2, 0.25) is 0 Å². The topological polar surface area (TPSA) is 97.8 Å². The monoisotopic (exact) mass is 442 g/mol. The van der Waals surface area contributed by atoms with Gasteiger partial charge in [-0.2, -0.15) is 0 Å². The molecule has 5 aromatic rings. The van der Waals surface area contributed by atoms with E-state index in [4.69, 9.17) is 8.83 Å². The summed E-state index contributed by atoms with van der Waals surface area (Å²) < 4.78 is 11.0. The van der Waals surface area contributed by atoms with Crippen molar-refractivity contribution in [2.45, 2.75) is 24.3 Å². The summed E-state index contributed by atoms with van der Waals surface area (Å²) in [6.45, 7) is 3.78. The highest BCUT2D eigenvalue weighted by Crippen LogP contribution is 2.37. The van der Waals surface area contributed by atoms with Crippen molar-refractivity contribution >= 4 is 44.7 Å². The van der Waals surface area contributed by atoms with Crippen molar-refractivity contribution in [3.63, 3.8) is 0 Å². The van der Waals surface area contributed by atoms with Gasteiger partial charge in [-0.05, 0) is 31.4 Å². The molecule has 5 heterocycles. The number of hydrogen-bond acceptors (Lipinski definition) is 9. The first-order valence-electron chi connectivity index (χ1n) is 8.70. The lowest BCUT2D eigenvalue weighted by Gasteiger charge is -2.07. The molecule has 0 aromatic carbocycles. The van der Waals surface area contributed by atoms with Crippen LogP contribution in [-0.2, 0) is 0 Å². The minimum atomic E-state index is -0.168. The minimum absolute atomic E-state index is 0.137. The molecule has 10 heteroatoms. The third-order valence-corrected chi connectivity index (χ3v) is 7.13. The van der Waals surface area contributed by atoms with Gasteiger partial charge in [-0.15, -0.1) is 32.9 Å². The number of nitrogens with zero attached hydrogens (tertiary/aromatic N) is 3. The number of thioether (sulfide) groups is 1. The summed E-state index contributed by atoms with van der Waals surface area (Å²) in [7, 11) is 0. The Kier molecular flexibility index (Phi) is 4.61. The zero-order valence-electron chi connectivity index (χ0n) is 15.3. The average molecular weight is 443 g/mol. The molecule has 0 aliphatic rings. The van der Waals surface area contributed by atoms with Gasteiger partial charge in [0.25, 0.3) is 16.7 Å². The molecule has 1 N–H and O–H groups in total. The normalized spacial score (nSPS) is 12.6. The smallest absolute Gasteiger partial charge is 0.277 e. The van der Waals surface area contributed by atoms with E-state index in [1.54, 1.807) is 23.7 Å². The van der Waals surface area contributed by atoms with Gasteiger partial charge in [0, 0.05) is 15.8 Å². The standard InChI is InChI=1S/C19H14N4O3S3/c1-9-11(5-6-25-9)17-22-23-19(26-17)29-10(2)15-20-16(24)14-12(8-28-18(14)21-15)13-4-3-7-27-13/h3-8,10H,1-2H3,(H,20,21,24). The van der Waals surface area contributed by atoms with Gasteiger partial charge in [0.1, 0.15) is 16.4 Å². The predicted molar refractivity (Wildman–Crippen MR) is 115 cm³/mol. The van der Waals surface area contributed by atoms with E-state index in [1.807, 2.05) is 36.7 Å². The first-order chi connectivity index (χ1) is 14.1. The summed E-state index contributed by atoms with van der Waals surface area (Å²) >= 11 is 4.42. The van der Waals surface area contributed by atoms with Crippen LogP contribution in [0.15, 0.2) is 54.1 Å². The average Bonchev–Trinajstić information content (AvgIpc) is 3.48. The Hall–Kier alpha value is -2.69. The molecular weight excluding hydrogens is 428 g/mol. The Morgan fingerprint density at radius 3 is 2.86 bits per heavy atom. The van der Waals surface area contributed by atoms with E-state index in [0.29, 0.717) is 28.1 Å². The molecule has 5 rings (SSSR count). The van der Waals surface area contributed by atoms with Crippen molar-refractivity contribution in [3.8, 4) is 21.9 Å². The third-order valence-electron chi connectivity index (χ3n) is 4.41. The van der Waals surface area contributed by atoms with Crippen LogP contribution in [0.5, 0.6) is 0 Å². The number of nitrogens with one attached hydrogen (secondary N) is 1. The van der Waals surface area contributed by atoms with Crippen LogP contribution in [0.1, 0.15) is 23.8 Å². The number of H-pyrrole nitrogens is 1. The molecule has 0 bridgehead atoms. The molecule has 1 unspecified atom stereocenters. The first-order valence-corrected chi connectivity index (χ1v) is 11.3. The summed E-state index contributed by atoms with van der Waals surface area (Å²) in [5.41, 5.74) is 1.56. The SMILES string of the molecule is Cc1occc1-c1nnc(SC(C)c2nc3scc(-c4cccs4)c3c(=O)[nH]2)o1. The largest absolute Gasteiger partial charge is 0.469 e. The second kappa shape index (κ2) is 7.29. The van der Waals surface area contributed by atoms with Gasteiger partial charge in [-0.1, -0.05) is 17.8 Å². The molecule has 0 spiro atoms. The van der Waals surface area contributed by atoms with Crippen LogP contribution >= 0.6 is 34.4 Å². The first kappa shape index (κ1) is 18.3. The summed E-state index contributed by atoms with van der Waals surface area (Å²) in [5, 5.41) is 13.0. The molecular formula is C19H14N4O3S3. The molecule has 29 heavy (non-hydrogen) atoms. The van der Waals surface area contributed by atoms with Crippen molar-refractivity contribution in [3.05, 3.63) is 57.2 Å². The molecule has 7 nitrogen and oxygen atoms in total. The second-order valence-corrected chi connectivity index (χ2v) is 9.38. The highest BCUT2D eigenvalue weighted by Gasteiger charge is 2.20. The Balaban J connectivity index is 1.43. The van der Waals surface area contributed by atoms with Crippen molar-refractivity contribution in [1.82, 2.24) is 20.2 Å². The quantitative estimate of drug-likeness (QED) is 0.358. The number of aryl methyl sites for hydroxylation is 1. The maximum atomic E-state index is 12.8. The van der Waals surface area contributed by atoms with Gasteiger partial charge >= 0.3 is 0 Å². The van der Waals surface area contributed by atoms with Gasteiger partial charge < -0.3 is 13.8 Å². The van der Waals surface area contributed by atoms with Crippen LogP contribution in [0.25, 0.3) is 32.1 Å². The maximum absolute atomic E-state index is 12.8. The summed E-state index contributed by atoms with van der Waals surface area (Å²) in [5.74, 6) is 1.70. The molecule has 146 valence electrons. The molecule has 0 saturated heterocycles.